The maximum Gasteiger partial charge on any atom is 0.251 e. The second-order valence-electron chi connectivity index (χ2n) is 3.80. The predicted octanol–water partition coefficient (Wildman–Crippen LogP) is 1.82. The smallest absolute Gasteiger partial charge is 0.251 e. The second-order valence-corrected chi connectivity index (χ2v) is 4.66. The van der Waals surface area contributed by atoms with E-state index in [1.54, 1.807) is 18.3 Å². The molecule has 94 valence electrons. The zero-order chi connectivity index (χ0) is 13.1. The molecule has 6 heteroatoms. The molecule has 0 bridgehead atoms. The first-order valence-electron chi connectivity index (χ1n) is 5.31. The van der Waals surface area contributed by atoms with Crippen molar-refractivity contribution in [1.82, 2.24) is 14.9 Å². The van der Waals surface area contributed by atoms with E-state index >= 15 is 0 Å². The molecule has 1 amide bonds. The van der Waals surface area contributed by atoms with Gasteiger partial charge in [0.05, 0.1) is 11.0 Å². The summed E-state index contributed by atoms with van der Waals surface area (Å²) in [5.74, 6) is 0.560. The third kappa shape index (κ3) is 2.70. The first-order valence-corrected chi connectivity index (χ1v) is 6.10. The van der Waals surface area contributed by atoms with Gasteiger partial charge in [-0.25, -0.2) is 4.98 Å². The number of aromatic nitrogens is 2. The van der Waals surface area contributed by atoms with Gasteiger partial charge < -0.3 is 15.0 Å². The summed E-state index contributed by atoms with van der Waals surface area (Å²) in [5, 5.41) is 12.2. The van der Waals surface area contributed by atoms with E-state index in [1.807, 2.05) is 17.8 Å². The normalized spacial score (nSPS) is 10.3. The Bertz CT molecular complexity index is 580. The largest absolute Gasteiger partial charge is 0.507 e. The van der Waals surface area contributed by atoms with Crippen LogP contribution in [0, 0.1) is 0 Å². The van der Waals surface area contributed by atoms with Gasteiger partial charge in [-0.05, 0) is 34.1 Å². The zero-order valence-corrected chi connectivity index (χ0v) is 11.3. The molecule has 2 aromatic rings. The molecule has 0 fully saturated rings. The van der Waals surface area contributed by atoms with Gasteiger partial charge in [-0.15, -0.1) is 0 Å². The third-order valence-corrected chi connectivity index (χ3v) is 3.21. The van der Waals surface area contributed by atoms with Crippen molar-refractivity contribution in [3.63, 3.8) is 0 Å². The van der Waals surface area contributed by atoms with Crippen LogP contribution in [-0.2, 0) is 13.6 Å². The van der Waals surface area contributed by atoms with E-state index in [2.05, 4.69) is 26.2 Å². The number of amides is 1. The maximum atomic E-state index is 11.8. The van der Waals surface area contributed by atoms with E-state index in [0.717, 1.165) is 5.82 Å². The molecular weight excluding hydrogens is 298 g/mol. The van der Waals surface area contributed by atoms with Gasteiger partial charge in [0.25, 0.3) is 5.91 Å². The van der Waals surface area contributed by atoms with E-state index < -0.39 is 0 Å². The lowest BCUT2D eigenvalue weighted by Crippen LogP contribution is -2.24. The van der Waals surface area contributed by atoms with Crippen molar-refractivity contribution in [2.75, 3.05) is 0 Å². The van der Waals surface area contributed by atoms with Gasteiger partial charge in [0.1, 0.15) is 11.6 Å². The van der Waals surface area contributed by atoms with E-state index in [1.165, 1.54) is 6.07 Å². The number of benzene rings is 1. The Morgan fingerprint density at radius 2 is 2.33 bits per heavy atom. The average molecular weight is 310 g/mol. The monoisotopic (exact) mass is 309 g/mol. The lowest BCUT2D eigenvalue weighted by atomic mass is 10.2. The number of nitrogens with zero attached hydrogens (tertiary/aromatic N) is 2. The topological polar surface area (TPSA) is 67.2 Å². The Hall–Kier alpha value is -1.82. The second kappa shape index (κ2) is 5.22. The van der Waals surface area contributed by atoms with E-state index in [0.29, 0.717) is 16.6 Å². The maximum absolute atomic E-state index is 11.8. The Kier molecular flexibility index (Phi) is 3.66. The number of nitrogens with one attached hydrogen (secondary N) is 1. The molecule has 0 aliphatic heterocycles. The van der Waals surface area contributed by atoms with Crippen LogP contribution in [0.5, 0.6) is 5.75 Å². The van der Waals surface area contributed by atoms with Crippen LogP contribution >= 0.6 is 15.9 Å². The molecule has 0 atom stereocenters. The number of aryl methyl sites for hydroxylation is 1. The molecule has 0 aliphatic rings. The van der Waals surface area contributed by atoms with Crippen molar-refractivity contribution in [3.05, 3.63) is 46.5 Å². The third-order valence-electron chi connectivity index (χ3n) is 2.54. The van der Waals surface area contributed by atoms with Crippen molar-refractivity contribution in [3.8, 4) is 5.75 Å². The van der Waals surface area contributed by atoms with Gasteiger partial charge in [-0.3, -0.25) is 4.79 Å². The molecule has 18 heavy (non-hydrogen) atoms. The summed E-state index contributed by atoms with van der Waals surface area (Å²) in [5.41, 5.74) is 0.407. The Morgan fingerprint density at radius 3 is 2.94 bits per heavy atom. The zero-order valence-electron chi connectivity index (χ0n) is 9.72. The minimum atomic E-state index is -0.249. The highest BCUT2D eigenvalue weighted by Gasteiger charge is 2.09. The van der Waals surface area contributed by atoms with Gasteiger partial charge in [-0.2, -0.15) is 0 Å². The number of phenols is 1. The van der Waals surface area contributed by atoms with Crippen molar-refractivity contribution < 1.29 is 9.90 Å². The lowest BCUT2D eigenvalue weighted by molar-refractivity contribution is 0.0949. The lowest BCUT2D eigenvalue weighted by Gasteiger charge is -2.06. The SMILES string of the molecule is Cn1ccnc1CNC(=O)c1ccc(Br)c(O)c1. The number of aromatic hydroxyl groups is 1. The number of halogens is 1. The first kappa shape index (κ1) is 12.6. The number of carbonyl (C=O) groups is 1. The van der Waals surface area contributed by atoms with Crippen LogP contribution in [0.15, 0.2) is 35.1 Å². The predicted molar refractivity (Wildman–Crippen MR) is 70.2 cm³/mol. The fourth-order valence-electron chi connectivity index (χ4n) is 1.48. The minimum absolute atomic E-state index is 0.0413. The van der Waals surface area contributed by atoms with Gasteiger partial charge in [0, 0.05) is 25.0 Å². The quantitative estimate of drug-likeness (QED) is 0.909. The van der Waals surface area contributed by atoms with Crippen molar-refractivity contribution in [2.24, 2.45) is 7.05 Å². The molecule has 0 unspecified atom stereocenters. The summed E-state index contributed by atoms with van der Waals surface area (Å²) in [6, 6.07) is 4.68. The van der Waals surface area contributed by atoms with Gasteiger partial charge in [0.2, 0.25) is 0 Å². The van der Waals surface area contributed by atoms with Crippen molar-refractivity contribution in [1.29, 1.82) is 0 Å². The molecule has 0 radical (unpaired) electrons. The molecule has 0 aliphatic carbocycles. The van der Waals surface area contributed by atoms with E-state index in [-0.39, 0.29) is 11.7 Å². The molecule has 1 aromatic carbocycles. The number of imidazole rings is 1. The number of hydrogen-bond acceptors (Lipinski definition) is 3. The number of carbonyl (C=O) groups excluding carboxylic acids is 1. The molecule has 0 saturated carbocycles. The summed E-state index contributed by atoms with van der Waals surface area (Å²) >= 11 is 3.16. The summed E-state index contributed by atoms with van der Waals surface area (Å²) in [4.78, 5) is 15.9. The summed E-state index contributed by atoms with van der Waals surface area (Å²) in [6.07, 6.45) is 3.49. The van der Waals surface area contributed by atoms with Gasteiger partial charge in [-0.1, -0.05) is 0 Å². The van der Waals surface area contributed by atoms with Crippen LogP contribution < -0.4 is 5.32 Å². The van der Waals surface area contributed by atoms with Crippen LogP contribution in [0.1, 0.15) is 16.2 Å². The molecule has 5 nitrogen and oxygen atoms in total. The highest BCUT2D eigenvalue weighted by atomic mass is 79.9. The van der Waals surface area contributed by atoms with Crippen LogP contribution in [-0.4, -0.2) is 20.6 Å². The van der Waals surface area contributed by atoms with Crippen molar-refractivity contribution in [2.45, 2.75) is 6.54 Å². The standard InChI is InChI=1S/C12H12BrN3O2/c1-16-5-4-14-11(16)7-15-12(18)8-2-3-9(13)10(17)6-8/h2-6,17H,7H2,1H3,(H,15,18). The van der Waals surface area contributed by atoms with Crippen LogP contribution in [0.25, 0.3) is 0 Å². The highest BCUT2D eigenvalue weighted by Crippen LogP contribution is 2.24. The highest BCUT2D eigenvalue weighted by molar-refractivity contribution is 9.10. The fraction of sp³-hybridized carbons (Fsp3) is 0.167. The summed E-state index contributed by atoms with van der Waals surface area (Å²) in [7, 11) is 1.86. The van der Waals surface area contributed by atoms with Crippen molar-refractivity contribution >= 4 is 21.8 Å². The van der Waals surface area contributed by atoms with Crippen LogP contribution in [0.4, 0.5) is 0 Å². The molecule has 1 heterocycles. The van der Waals surface area contributed by atoms with Gasteiger partial charge in [0.15, 0.2) is 0 Å². The Labute approximate surface area is 113 Å². The number of hydrogen-bond donors (Lipinski definition) is 2. The average Bonchev–Trinajstić information content (AvgIpc) is 2.75. The number of rotatable bonds is 3. The molecular formula is C12H12BrN3O2. The molecule has 1 aromatic heterocycles. The van der Waals surface area contributed by atoms with Crippen LogP contribution in [0.2, 0.25) is 0 Å². The number of phenolic OH excluding ortho intramolecular Hbond substituents is 1. The Balaban J connectivity index is 2.04. The first-order chi connectivity index (χ1) is 8.58. The van der Waals surface area contributed by atoms with E-state index in [4.69, 9.17) is 0 Å². The Morgan fingerprint density at radius 1 is 1.56 bits per heavy atom. The molecule has 0 saturated heterocycles. The summed E-state index contributed by atoms with van der Waals surface area (Å²) < 4.78 is 2.39. The fourth-order valence-corrected chi connectivity index (χ4v) is 1.73. The molecule has 0 spiro atoms. The van der Waals surface area contributed by atoms with E-state index in [9.17, 15) is 9.90 Å². The molecule has 2 N–H and O–H groups in total. The van der Waals surface area contributed by atoms with Gasteiger partial charge >= 0.3 is 0 Å². The van der Waals surface area contributed by atoms with Crippen LogP contribution in [0.3, 0.4) is 0 Å². The summed E-state index contributed by atoms with van der Waals surface area (Å²) in [6.45, 7) is 0.346. The minimum Gasteiger partial charge on any atom is -0.507 e. The molecule has 2 rings (SSSR count).